The number of nitrogens with zero attached hydrogens (tertiary/aromatic N) is 4. The molecule has 3 amide bonds. The van der Waals surface area contributed by atoms with Gasteiger partial charge in [-0.1, -0.05) is 54.6 Å². The molecule has 2 saturated heterocycles. The molecule has 0 radical (unpaired) electrons. The summed E-state index contributed by atoms with van der Waals surface area (Å²) in [4.78, 5) is 30.4. The average molecular weight is 470 g/mol. The number of carbonyl (C=O) groups is 2. The highest BCUT2D eigenvalue weighted by molar-refractivity contribution is 7.00. The van der Waals surface area contributed by atoms with Crippen LogP contribution in [0, 0.1) is 5.41 Å². The Kier molecular flexibility index (Phi) is 5.03. The number of β-lactam (4-membered cyclic amide) rings is 1. The van der Waals surface area contributed by atoms with Gasteiger partial charge in [-0.15, -0.1) is 0 Å². The van der Waals surface area contributed by atoms with Gasteiger partial charge >= 0.3 is 6.03 Å². The van der Waals surface area contributed by atoms with Crippen molar-refractivity contribution < 1.29 is 9.59 Å². The predicted molar refractivity (Wildman–Crippen MR) is 133 cm³/mol. The normalized spacial score (nSPS) is 19.3. The molecule has 34 heavy (non-hydrogen) atoms. The van der Waals surface area contributed by atoms with Crippen LogP contribution in [0.3, 0.4) is 0 Å². The molecule has 3 aromatic carbocycles. The largest absolute Gasteiger partial charge is 0.324 e. The van der Waals surface area contributed by atoms with Crippen LogP contribution in [0.5, 0.6) is 0 Å². The fourth-order valence-electron chi connectivity index (χ4n) is 5.31. The van der Waals surface area contributed by atoms with E-state index >= 15 is 0 Å². The maximum atomic E-state index is 13.6. The lowest BCUT2D eigenvalue weighted by Gasteiger charge is -2.59. The summed E-state index contributed by atoms with van der Waals surface area (Å²) in [6, 6.07) is 25.4. The van der Waals surface area contributed by atoms with Crippen LogP contribution in [0.25, 0.3) is 11.0 Å². The van der Waals surface area contributed by atoms with Crippen LogP contribution in [-0.4, -0.2) is 38.7 Å². The molecule has 4 aromatic rings. The van der Waals surface area contributed by atoms with Crippen molar-refractivity contribution in [3.8, 4) is 0 Å². The van der Waals surface area contributed by atoms with Crippen molar-refractivity contribution in [2.45, 2.75) is 18.9 Å². The zero-order valence-electron chi connectivity index (χ0n) is 18.4. The highest BCUT2D eigenvalue weighted by Gasteiger charge is 2.62. The number of rotatable bonds is 3. The summed E-state index contributed by atoms with van der Waals surface area (Å²) < 4.78 is 8.54. The minimum Gasteiger partial charge on any atom is -0.324 e. The molecule has 0 saturated carbocycles. The summed E-state index contributed by atoms with van der Waals surface area (Å²) in [6.07, 6.45) is 1.26. The molecule has 0 bridgehead atoms. The Balaban J connectivity index is 1.22. The number of nitrogens with one attached hydrogen (secondary N) is 1. The number of urea groups is 1. The van der Waals surface area contributed by atoms with Crippen LogP contribution in [0.2, 0.25) is 0 Å². The third-order valence-corrected chi connectivity index (χ3v) is 7.59. The molecule has 2 fully saturated rings. The molecule has 1 atom stereocenters. The minimum atomic E-state index is -0.493. The van der Waals surface area contributed by atoms with E-state index in [1.54, 1.807) is 4.90 Å². The van der Waals surface area contributed by atoms with Crippen LogP contribution < -0.4 is 10.2 Å². The van der Waals surface area contributed by atoms with E-state index in [0.717, 1.165) is 28.5 Å². The Morgan fingerprint density at radius 3 is 2.35 bits per heavy atom. The van der Waals surface area contributed by atoms with Gasteiger partial charge in [-0.25, -0.2) is 4.79 Å². The molecule has 1 unspecified atom stereocenters. The zero-order chi connectivity index (χ0) is 23.1. The van der Waals surface area contributed by atoms with E-state index in [1.807, 2.05) is 71.6 Å². The summed E-state index contributed by atoms with van der Waals surface area (Å²) in [5.41, 5.74) is 3.68. The number of carbonyl (C=O) groups excluding carboxylic acids is 2. The second-order valence-electron chi connectivity index (χ2n) is 8.83. The number of likely N-dealkylation sites (tertiary alicyclic amines) is 1. The van der Waals surface area contributed by atoms with E-state index in [0.29, 0.717) is 37.1 Å². The Morgan fingerprint density at radius 1 is 0.912 bits per heavy atom. The number of benzene rings is 3. The Morgan fingerprint density at radius 2 is 1.62 bits per heavy atom. The molecule has 2 aliphatic rings. The molecule has 2 aliphatic heterocycles. The van der Waals surface area contributed by atoms with Gasteiger partial charge in [0, 0.05) is 18.8 Å². The van der Waals surface area contributed by atoms with Crippen LogP contribution >= 0.6 is 11.7 Å². The molecular weight excluding hydrogens is 446 g/mol. The van der Waals surface area contributed by atoms with Crippen molar-refractivity contribution in [2.24, 2.45) is 5.41 Å². The van der Waals surface area contributed by atoms with Gasteiger partial charge in [-0.3, -0.25) is 4.79 Å². The summed E-state index contributed by atoms with van der Waals surface area (Å²) >= 11 is 1.13. The molecule has 1 N–H and O–H groups in total. The highest BCUT2D eigenvalue weighted by atomic mass is 32.1. The number of fused-ring (bicyclic) bond motifs is 1. The number of para-hydroxylation sites is 1. The van der Waals surface area contributed by atoms with Crippen LogP contribution in [-0.2, 0) is 4.79 Å². The molecule has 1 spiro atoms. The Bertz CT molecular complexity index is 1350. The summed E-state index contributed by atoms with van der Waals surface area (Å²) in [5, 5.41) is 2.99. The maximum Gasteiger partial charge on any atom is 0.321 e. The van der Waals surface area contributed by atoms with Crippen molar-refractivity contribution in [1.29, 1.82) is 0 Å². The second kappa shape index (κ2) is 8.22. The van der Waals surface area contributed by atoms with Crippen LogP contribution in [0.4, 0.5) is 16.2 Å². The molecule has 3 heterocycles. The van der Waals surface area contributed by atoms with Crippen LogP contribution in [0.1, 0.15) is 24.4 Å². The van der Waals surface area contributed by atoms with Gasteiger partial charge in [0.2, 0.25) is 5.91 Å². The van der Waals surface area contributed by atoms with Crippen LogP contribution in [0.15, 0.2) is 78.9 Å². The van der Waals surface area contributed by atoms with E-state index in [1.165, 1.54) is 0 Å². The fraction of sp³-hybridized carbons (Fsp3) is 0.231. The van der Waals surface area contributed by atoms with Crippen molar-refractivity contribution in [1.82, 2.24) is 13.6 Å². The number of piperidine rings is 1. The standard InChI is InChI=1S/C26H23N5O2S/c32-24-26(23(18-8-3-1-4-9-18)31(24)19-10-5-2-6-11-19)14-16-30(17-15-26)25(33)27-20-12-7-13-21-22(20)29-34-28-21/h1-13,23H,14-17H2,(H,27,33). The van der Waals surface area contributed by atoms with Gasteiger partial charge in [-0.05, 0) is 42.7 Å². The number of aromatic nitrogens is 2. The lowest BCUT2D eigenvalue weighted by Crippen LogP contribution is -2.67. The van der Waals surface area contributed by atoms with Crippen molar-refractivity contribution in [2.75, 3.05) is 23.3 Å². The van der Waals surface area contributed by atoms with E-state index in [4.69, 9.17) is 0 Å². The SMILES string of the molecule is O=C(Nc1cccc2nsnc12)N1CCC2(CC1)C(=O)N(c1ccccc1)C2c1ccccc1. The average Bonchev–Trinajstić information content (AvgIpc) is 3.38. The Hall–Kier alpha value is -3.78. The number of amides is 3. The summed E-state index contributed by atoms with van der Waals surface area (Å²) in [6.45, 7) is 1.05. The monoisotopic (exact) mass is 469 g/mol. The van der Waals surface area contributed by atoms with Gasteiger partial charge in [-0.2, -0.15) is 8.75 Å². The van der Waals surface area contributed by atoms with Gasteiger partial charge < -0.3 is 15.1 Å². The first-order valence-electron chi connectivity index (χ1n) is 11.4. The van der Waals surface area contributed by atoms with E-state index < -0.39 is 5.41 Å². The van der Waals surface area contributed by atoms with E-state index in [9.17, 15) is 9.59 Å². The molecule has 6 rings (SSSR count). The highest BCUT2D eigenvalue weighted by Crippen LogP contribution is 2.57. The van der Waals surface area contributed by atoms with Crippen molar-refractivity contribution in [3.05, 3.63) is 84.4 Å². The first-order chi connectivity index (χ1) is 16.7. The Labute approximate surface area is 201 Å². The summed E-state index contributed by atoms with van der Waals surface area (Å²) in [7, 11) is 0. The van der Waals surface area contributed by atoms with E-state index in [-0.39, 0.29) is 18.0 Å². The van der Waals surface area contributed by atoms with Gasteiger partial charge in [0.05, 0.1) is 28.9 Å². The number of hydrogen-bond donors (Lipinski definition) is 1. The van der Waals surface area contributed by atoms with E-state index in [2.05, 4.69) is 26.2 Å². The quantitative estimate of drug-likeness (QED) is 0.424. The third-order valence-electron chi connectivity index (χ3n) is 7.05. The third kappa shape index (κ3) is 3.25. The first-order valence-corrected chi connectivity index (χ1v) is 12.1. The van der Waals surface area contributed by atoms with Gasteiger partial charge in [0.1, 0.15) is 11.0 Å². The fourth-order valence-corrected chi connectivity index (χ4v) is 5.86. The molecule has 0 aliphatic carbocycles. The molecule has 1 aromatic heterocycles. The lowest BCUT2D eigenvalue weighted by molar-refractivity contribution is -0.144. The smallest absolute Gasteiger partial charge is 0.321 e. The van der Waals surface area contributed by atoms with Gasteiger partial charge in [0.25, 0.3) is 0 Å². The lowest BCUT2D eigenvalue weighted by atomic mass is 9.62. The topological polar surface area (TPSA) is 78.4 Å². The first kappa shape index (κ1) is 20.8. The molecule has 8 heteroatoms. The number of hydrogen-bond acceptors (Lipinski definition) is 5. The minimum absolute atomic E-state index is 0.0383. The molecule has 7 nitrogen and oxygen atoms in total. The van der Waals surface area contributed by atoms with Gasteiger partial charge in [0.15, 0.2) is 0 Å². The van der Waals surface area contributed by atoms with Crippen molar-refractivity contribution >= 4 is 46.1 Å². The second-order valence-corrected chi connectivity index (χ2v) is 9.36. The predicted octanol–water partition coefficient (Wildman–Crippen LogP) is 5.09. The summed E-state index contributed by atoms with van der Waals surface area (Å²) in [5.74, 6) is 0.144. The molecule has 170 valence electrons. The zero-order valence-corrected chi connectivity index (χ0v) is 19.2. The van der Waals surface area contributed by atoms with Crippen molar-refractivity contribution in [3.63, 3.8) is 0 Å². The molecular formula is C26H23N5O2S. The maximum absolute atomic E-state index is 13.6. The number of anilines is 2.